The van der Waals surface area contributed by atoms with Crippen molar-refractivity contribution in [3.05, 3.63) is 57.5 Å². The van der Waals surface area contributed by atoms with Crippen molar-refractivity contribution in [2.75, 3.05) is 0 Å². The number of aliphatic hydroxyl groups excluding tert-OH is 1. The number of para-hydroxylation sites is 1. The number of hydrogen-bond acceptors (Lipinski definition) is 3. The summed E-state index contributed by atoms with van der Waals surface area (Å²) in [4.78, 5) is 2.19. The lowest BCUT2D eigenvalue weighted by atomic mass is 9.95. The van der Waals surface area contributed by atoms with Gasteiger partial charge in [-0.2, -0.15) is 0 Å². The maximum Gasteiger partial charge on any atom is 0.146 e. The molecule has 0 aliphatic heterocycles. The Bertz CT molecular complexity index is 774. The van der Waals surface area contributed by atoms with Gasteiger partial charge in [-0.15, -0.1) is 11.3 Å². The van der Waals surface area contributed by atoms with Crippen molar-refractivity contribution in [1.82, 2.24) is 0 Å². The Morgan fingerprint density at radius 1 is 1.14 bits per heavy atom. The second kappa shape index (κ2) is 5.00. The summed E-state index contributed by atoms with van der Waals surface area (Å²) in [5.74, 6) is 0.613. The molecular weight excluding hydrogens is 280 g/mol. The number of rotatable bonds is 2. The third kappa shape index (κ3) is 2.63. The molecule has 1 atom stereocenters. The molecule has 0 bridgehead atoms. The Morgan fingerprint density at radius 3 is 2.52 bits per heavy atom. The van der Waals surface area contributed by atoms with Crippen LogP contribution >= 0.6 is 11.3 Å². The standard InChI is InChI=1S/C18H20O2S/c1-11-6-5-7-12-10-13(20-17(11)12)16(19)14-8-9-15(21-14)18(2,3)4/h5-10,16,19H,1-4H3. The molecule has 1 unspecified atom stereocenters. The molecule has 2 aromatic heterocycles. The van der Waals surface area contributed by atoms with Gasteiger partial charge >= 0.3 is 0 Å². The van der Waals surface area contributed by atoms with Crippen LogP contribution in [0.5, 0.6) is 0 Å². The summed E-state index contributed by atoms with van der Waals surface area (Å²) >= 11 is 1.65. The van der Waals surface area contributed by atoms with Gasteiger partial charge in [0.15, 0.2) is 0 Å². The molecule has 0 saturated heterocycles. The minimum atomic E-state index is -0.696. The van der Waals surface area contributed by atoms with E-state index in [4.69, 9.17) is 4.42 Å². The van der Waals surface area contributed by atoms with Gasteiger partial charge in [-0.05, 0) is 36.1 Å². The largest absolute Gasteiger partial charge is 0.458 e. The quantitative estimate of drug-likeness (QED) is 0.707. The molecule has 0 saturated carbocycles. The summed E-state index contributed by atoms with van der Waals surface area (Å²) in [7, 11) is 0. The van der Waals surface area contributed by atoms with Gasteiger partial charge in [-0.3, -0.25) is 0 Å². The van der Waals surface area contributed by atoms with E-state index in [1.165, 1.54) is 4.88 Å². The highest BCUT2D eigenvalue weighted by atomic mass is 32.1. The highest BCUT2D eigenvalue weighted by Crippen LogP contribution is 2.36. The second-order valence-corrected chi connectivity index (χ2v) is 7.61. The minimum absolute atomic E-state index is 0.104. The molecule has 0 fully saturated rings. The number of fused-ring (bicyclic) bond motifs is 1. The Labute approximate surface area is 129 Å². The van der Waals surface area contributed by atoms with Crippen molar-refractivity contribution < 1.29 is 9.52 Å². The van der Waals surface area contributed by atoms with Crippen LogP contribution in [0.25, 0.3) is 11.0 Å². The molecule has 3 rings (SSSR count). The zero-order valence-corrected chi connectivity index (χ0v) is 13.6. The molecule has 110 valence electrons. The summed E-state index contributed by atoms with van der Waals surface area (Å²) in [6.07, 6.45) is -0.696. The maximum atomic E-state index is 10.6. The van der Waals surface area contributed by atoms with Crippen LogP contribution in [0, 0.1) is 6.92 Å². The van der Waals surface area contributed by atoms with Gasteiger partial charge in [0.1, 0.15) is 17.4 Å². The minimum Gasteiger partial charge on any atom is -0.458 e. The van der Waals surface area contributed by atoms with E-state index in [1.807, 2.05) is 37.3 Å². The lowest BCUT2D eigenvalue weighted by Crippen LogP contribution is -2.07. The van der Waals surface area contributed by atoms with E-state index < -0.39 is 6.10 Å². The summed E-state index contributed by atoms with van der Waals surface area (Å²) < 4.78 is 5.87. The van der Waals surface area contributed by atoms with E-state index in [-0.39, 0.29) is 5.41 Å². The molecule has 2 nitrogen and oxygen atoms in total. The topological polar surface area (TPSA) is 33.4 Å². The number of aliphatic hydroxyl groups is 1. The molecule has 0 aliphatic carbocycles. The van der Waals surface area contributed by atoms with Gasteiger partial charge < -0.3 is 9.52 Å². The number of aryl methyl sites for hydroxylation is 1. The van der Waals surface area contributed by atoms with Crippen molar-refractivity contribution in [2.24, 2.45) is 0 Å². The molecule has 0 amide bonds. The molecule has 3 aromatic rings. The average Bonchev–Trinajstić information content (AvgIpc) is 3.05. The lowest BCUT2D eigenvalue weighted by Gasteiger charge is -2.15. The van der Waals surface area contributed by atoms with Gasteiger partial charge in [-0.25, -0.2) is 0 Å². The van der Waals surface area contributed by atoms with Crippen molar-refractivity contribution in [1.29, 1.82) is 0 Å². The van der Waals surface area contributed by atoms with Gasteiger partial charge in [0.25, 0.3) is 0 Å². The Hall–Kier alpha value is -1.58. The van der Waals surface area contributed by atoms with Crippen LogP contribution in [-0.2, 0) is 5.41 Å². The first-order chi connectivity index (χ1) is 9.86. The average molecular weight is 300 g/mol. The molecule has 0 radical (unpaired) electrons. The van der Waals surface area contributed by atoms with E-state index in [2.05, 4.69) is 26.8 Å². The van der Waals surface area contributed by atoms with Gasteiger partial charge in [0.2, 0.25) is 0 Å². The van der Waals surface area contributed by atoms with Crippen LogP contribution in [0.1, 0.15) is 48.0 Å². The zero-order chi connectivity index (χ0) is 15.2. The third-order valence-electron chi connectivity index (χ3n) is 3.67. The smallest absolute Gasteiger partial charge is 0.146 e. The first kappa shape index (κ1) is 14.4. The van der Waals surface area contributed by atoms with E-state index in [1.54, 1.807) is 11.3 Å². The lowest BCUT2D eigenvalue weighted by molar-refractivity contribution is 0.196. The summed E-state index contributed by atoms with van der Waals surface area (Å²) in [5, 5.41) is 11.6. The van der Waals surface area contributed by atoms with Gasteiger partial charge in [0.05, 0.1) is 0 Å². The Kier molecular flexibility index (Phi) is 3.42. The van der Waals surface area contributed by atoms with Crippen LogP contribution in [-0.4, -0.2) is 5.11 Å². The molecular formula is C18H20O2S. The van der Waals surface area contributed by atoms with E-state index in [0.717, 1.165) is 21.4 Å². The predicted molar refractivity (Wildman–Crippen MR) is 88.0 cm³/mol. The molecule has 1 N–H and O–H groups in total. The van der Waals surface area contributed by atoms with Crippen molar-refractivity contribution in [2.45, 2.75) is 39.2 Å². The summed E-state index contributed by atoms with van der Waals surface area (Å²) in [5.41, 5.74) is 2.05. The number of furan rings is 1. The number of hydrogen-bond donors (Lipinski definition) is 1. The van der Waals surface area contributed by atoms with Crippen molar-refractivity contribution in [3.63, 3.8) is 0 Å². The number of thiophene rings is 1. The normalized spacial score (nSPS) is 13.8. The summed E-state index contributed by atoms with van der Waals surface area (Å²) in [6.45, 7) is 8.56. The monoisotopic (exact) mass is 300 g/mol. The Morgan fingerprint density at radius 2 is 1.90 bits per heavy atom. The maximum absolute atomic E-state index is 10.6. The van der Waals surface area contributed by atoms with E-state index in [0.29, 0.717) is 5.76 Å². The third-order valence-corrected chi connectivity index (χ3v) is 5.23. The van der Waals surface area contributed by atoms with Crippen LogP contribution in [0.4, 0.5) is 0 Å². The molecule has 0 spiro atoms. The van der Waals surface area contributed by atoms with Crippen LogP contribution in [0.2, 0.25) is 0 Å². The fraction of sp³-hybridized carbons (Fsp3) is 0.333. The van der Waals surface area contributed by atoms with E-state index >= 15 is 0 Å². The summed E-state index contributed by atoms with van der Waals surface area (Å²) in [6, 6.07) is 12.1. The molecule has 1 aromatic carbocycles. The molecule has 21 heavy (non-hydrogen) atoms. The molecule has 2 heterocycles. The SMILES string of the molecule is Cc1cccc2cc(C(O)c3ccc(C(C)(C)C)s3)oc12. The van der Waals surface area contributed by atoms with Gasteiger partial charge in [0, 0.05) is 15.1 Å². The molecule has 3 heteroatoms. The first-order valence-electron chi connectivity index (χ1n) is 7.13. The molecule has 0 aliphatic rings. The van der Waals surface area contributed by atoms with Crippen LogP contribution < -0.4 is 0 Å². The van der Waals surface area contributed by atoms with Crippen molar-refractivity contribution in [3.8, 4) is 0 Å². The highest BCUT2D eigenvalue weighted by molar-refractivity contribution is 7.12. The zero-order valence-electron chi connectivity index (χ0n) is 12.8. The number of benzene rings is 1. The fourth-order valence-corrected chi connectivity index (χ4v) is 3.47. The second-order valence-electron chi connectivity index (χ2n) is 6.50. The fourth-order valence-electron chi connectivity index (χ4n) is 2.41. The van der Waals surface area contributed by atoms with E-state index in [9.17, 15) is 5.11 Å². The highest BCUT2D eigenvalue weighted by Gasteiger charge is 2.22. The van der Waals surface area contributed by atoms with Crippen LogP contribution in [0.3, 0.4) is 0 Å². The first-order valence-corrected chi connectivity index (χ1v) is 7.95. The Balaban J connectivity index is 1.98. The van der Waals surface area contributed by atoms with Gasteiger partial charge in [-0.1, -0.05) is 39.0 Å². The predicted octanol–water partition coefficient (Wildman–Crippen LogP) is 5.18. The van der Waals surface area contributed by atoms with Crippen molar-refractivity contribution >= 4 is 22.3 Å². The van der Waals surface area contributed by atoms with Crippen LogP contribution in [0.15, 0.2) is 40.8 Å².